The highest BCUT2D eigenvalue weighted by Crippen LogP contribution is 2.34. The largest absolute Gasteiger partial charge is 0.493 e. The van der Waals surface area contributed by atoms with Crippen LogP contribution >= 0.6 is 0 Å². The normalized spacial score (nSPS) is 10.5. The zero-order chi connectivity index (χ0) is 21.8. The van der Waals surface area contributed by atoms with E-state index in [2.05, 4.69) is 10.4 Å². The van der Waals surface area contributed by atoms with E-state index in [1.807, 2.05) is 6.92 Å². The Morgan fingerprint density at radius 3 is 2.37 bits per heavy atom. The third kappa shape index (κ3) is 3.69. The molecule has 1 aromatic heterocycles. The number of methoxy groups -OCH3 is 3. The molecule has 0 saturated carbocycles. The predicted molar refractivity (Wildman–Crippen MR) is 111 cm³/mol. The van der Waals surface area contributed by atoms with Gasteiger partial charge in [-0.3, -0.25) is 14.3 Å². The summed E-state index contributed by atoms with van der Waals surface area (Å²) in [6, 6.07) is 9.72. The summed E-state index contributed by atoms with van der Waals surface area (Å²) in [6.45, 7) is 2.32. The lowest BCUT2D eigenvalue weighted by atomic mass is 10.1. The molecular formula is C21H21N3O6. The number of benzene rings is 2. The van der Waals surface area contributed by atoms with Crippen LogP contribution in [0.1, 0.15) is 27.8 Å². The number of fused-ring (bicyclic) bond motifs is 1. The third-order valence-electron chi connectivity index (χ3n) is 4.55. The van der Waals surface area contributed by atoms with Crippen LogP contribution in [0, 0.1) is 0 Å². The zero-order valence-corrected chi connectivity index (χ0v) is 17.0. The van der Waals surface area contributed by atoms with Crippen LogP contribution < -0.4 is 20.2 Å². The van der Waals surface area contributed by atoms with Gasteiger partial charge in [0.05, 0.1) is 38.1 Å². The minimum absolute atomic E-state index is 0.0418. The van der Waals surface area contributed by atoms with Crippen LogP contribution in [0.3, 0.4) is 0 Å². The molecule has 1 heterocycles. The van der Waals surface area contributed by atoms with Crippen molar-refractivity contribution in [2.24, 2.45) is 0 Å². The number of hydrogen-bond acceptors (Lipinski definition) is 7. The number of hydrogen-bond donors (Lipinski definition) is 1. The van der Waals surface area contributed by atoms with E-state index in [1.165, 1.54) is 33.5 Å². The Bertz CT molecular complexity index is 1190. The monoisotopic (exact) mass is 411 g/mol. The number of esters is 1. The first-order valence-corrected chi connectivity index (χ1v) is 9.10. The van der Waals surface area contributed by atoms with Crippen molar-refractivity contribution in [3.63, 3.8) is 0 Å². The summed E-state index contributed by atoms with van der Waals surface area (Å²) >= 11 is 0. The van der Waals surface area contributed by atoms with Crippen LogP contribution in [0.15, 0.2) is 41.2 Å². The van der Waals surface area contributed by atoms with Crippen LogP contribution in [0.4, 0.5) is 5.69 Å². The highest BCUT2D eigenvalue weighted by Gasteiger charge is 2.22. The lowest BCUT2D eigenvalue weighted by Gasteiger charge is -2.15. The molecule has 156 valence electrons. The fourth-order valence-electron chi connectivity index (χ4n) is 3.07. The first kappa shape index (κ1) is 20.8. The quantitative estimate of drug-likeness (QED) is 0.621. The second-order valence-corrected chi connectivity index (χ2v) is 6.21. The Balaban J connectivity index is 2.11. The van der Waals surface area contributed by atoms with Gasteiger partial charge in [0, 0.05) is 24.1 Å². The Kier molecular flexibility index (Phi) is 6.01. The molecule has 0 saturated heterocycles. The second kappa shape index (κ2) is 8.64. The lowest BCUT2D eigenvalue weighted by Crippen LogP contribution is -2.27. The Labute approximate surface area is 172 Å². The van der Waals surface area contributed by atoms with Gasteiger partial charge in [0.15, 0.2) is 17.2 Å². The fraction of sp³-hybridized carbons (Fsp3) is 0.238. The molecule has 0 radical (unpaired) electrons. The van der Waals surface area contributed by atoms with Crippen molar-refractivity contribution in [2.75, 3.05) is 26.6 Å². The van der Waals surface area contributed by atoms with Crippen molar-refractivity contribution < 1.29 is 23.8 Å². The molecule has 1 N–H and O–H groups in total. The zero-order valence-electron chi connectivity index (χ0n) is 17.0. The summed E-state index contributed by atoms with van der Waals surface area (Å²) in [4.78, 5) is 38.0. The first-order chi connectivity index (χ1) is 14.4. The predicted octanol–water partition coefficient (Wildman–Crippen LogP) is 2.47. The SMILES string of the molecule is CCn1nc(C(=O)Nc2cc(OC)c(OC)cc2C(=O)OC)c(=O)c2ccccc21. The summed E-state index contributed by atoms with van der Waals surface area (Å²) in [6.07, 6.45) is 0. The molecule has 9 heteroatoms. The van der Waals surface area contributed by atoms with Gasteiger partial charge in [0.2, 0.25) is 5.43 Å². The number of aromatic nitrogens is 2. The Hall–Kier alpha value is -3.88. The van der Waals surface area contributed by atoms with Gasteiger partial charge in [-0.2, -0.15) is 5.10 Å². The van der Waals surface area contributed by atoms with Crippen LogP contribution in [-0.2, 0) is 11.3 Å². The van der Waals surface area contributed by atoms with Gasteiger partial charge < -0.3 is 19.5 Å². The molecular weight excluding hydrogens is 390 g/mol. The number of nitrogens with zero attached hydrogens (tertiary/aromatic N) is 2. The molecule has 30 heavy (non-hydrogen) atoms. The molecule has 0 unspecified atom stereocenters. The maximum atomic E-state index is 13.0. The molecule has 0 atom stereocenters. The number of aryl methyl sites for hydroxylation is 1. The lowest BCUT2D eigenvalue weighted by molar-refractivity contribution is 0.0601. The highest BCUT2D eigenvalue weighted by atomic mass is 16.5. The van der Waals surface area contributed by atoms with Crippen molar-refractivity contribution in [3.8, 4) is 11.5 Å². The second-order valence-electron chi connectivity index (χ2n) is 6.21. The van der Waals surface area contributed by atoms with E-state index in [0.717, 1.165) is 0 Å². The molecule has 9 nitrogen and oxygen atoms in total. The standard InChI is InChI=1S/C21H21N3O6/c1-5-24-15-9-7-6-8-12(15)19(25)18(23-24)20(26)22-14-11-17(29-3)16(28-2)10-13(14)21(27)30-4/h6-11H,5H2,1-4H3,(H,22,26). The van der Waals surface area contributed by atoms with Crippen LogP contribution in [0.2, 0.25) is 0 Å². The van der Waals surface area contributed by atoms with E-state index < -0.39 is 17.3 Å². The van der Waals surface area contributed by atoms with Crippen LogP contribution in [-0.4, -0.2) is 43.0 Å². The van der Waals surface area contributed by atoms with Crippen molar-refractivity contribution in [3.05, 3.63) is 57.9 Å². The molecule has 0 spiro atoms. The molecule has 0 bridgehead atoms. The van der Waals surface area contributed by atoms with Crippen LogP contribution in [0.25, 0.3) is 10.9 Å². The maximum absolute atomic E-state index is 13.0. The number of nitrogens with one attached hydrogen (secondary N) is 1. The number of rotatable bonds is 6. The van der Waals surface area contributed by atoms with Crippen molar-refractivity contribution in [1.82, 2.24) is 9.78 Å². The molecule has 3 aromatic rings. The van der Waals surface area contributed by atoms with Gasteiger partial charge in [-0.25, -0.2) is 4.79 Å². The third-order valence-corrected chi connectivity index (χ3v) is 4.55. The van der Waals surface area contributed by atoms with Gasteiger partial charge in [-0.15, -0.1) is 0 Å². The van der Waals surface area contributed by atoms with Gasteiger partial charge in [0.25, 0.3) is 5.91 Å². The molecule has 2 aromatic carbocycles. The van der Waals surface area contributed by atoms with E-state index in [9.17, 15) is 14.4 Å². The van der Waals surface area contributed by atoms with E-state index in [-0.39, 0.29) is 28.4 Å². The molecule has 0 fully saturated rings. The molecule has 3 rings (SSSR count). The average Bonchev–Trinajstić information content (AvgIpc) is 2.78. The van der Waals surface area contributed by atoms with E-state index in [1.54, 1.807) is 28.9 Å². The molecule has 0 aliphatic heterocycles. The Morgan fingerprint density at radius 1 is 1.07 bits per heavy atom. The minimum Gasteiger partial charge on any atom is -0.493 e. The summed E-state index contributed by atoms with van der Waals surface area (Å²) in [7, 11) is 4.06. The summed E-state index contributed by atoms with van der Waals surface area (Å²) in [5.74, 6) is -0.875. The van der Waals surface area contributed by atoms with Gasteiger partial charge in [0.1, 0.15) is 0 Å². The van der Waals surface area contributed by atoms with Crippen molar-refractivity contribution in [2.45, 2.75) is 13.5 Å². The highest BCUT2D eigenvalue weighted by molar-refractivity contribution is 6.08. The number of carbonyl (C=O) groups excluding carboxylic acids is 2. The van der Waals surface area contributed by atoms with Crippen LogP contribution in [0.5, 0.6) is 11.5 Å². The summed E-state index contributed by atoms with van der Waals surface area (Å²) < 4.78 is 16.8. The Morgan fingerprint density at radius 2 is 1.73 bits per heavy atom. The molecule has 1 amide bonds. The van der Waals surface area contributed by atoms with Gasteiger partial charge in [-0.1, -0.05) is 12.1 Å². The topological polar surface area (TPSA) is 109 Å². The number of carbonyl (C=O) groups is 2. The number of anilines is 1. The summed E-state index contributed by atoms with van der Waals surface area (Å²) in [5, 5.41) is 7.15. The maximum Gasteiger partial charge on any atom is 0.340 e. The van der Waals surface area contributed by atoms with Gasteiger partial charge >= 0.3 is 5.97 Å². The van der Waals surface area contributed by atoms with E-state index in [0.29, 0.717) is 17.4 Å². The molecule has 0 aliphatic rings. The number of para-hydroxylation sites is 1. The average molecular weight is 411 g/mol. The number of amides is 1. The number of ether oxygens (including phenoxy) is 3. The van der Waals surface area contributed by atoms with Crippen molar-refractivity contribution >= 4 is 28.5 Å². The molecule has 0 aliphatic carbocycles. The smallest absolute Gasteiger partial charge is 0.340 e. The van der Waals surface area contributed by atoms with E-state index >= 15 is 0 Å². The minimum atomic E-state index is -0.759. The van der Waals surface area contributed by atoms with E-state index in [4.69, 9.17) is 14.2 Å². The fourth-order valence-corrected chi connectivity index (χ4v) is 3.07. The van der Waals surface area contributed by atoms with Gasteiger partial charge in [-0.05, 0) is 19.1 Å². The van der Waals surface area contributed by atoms with Crippen molar-refractivity contribution in [1.29, 1.82) is 0 Å². The first-order valence-electron chi connectivity index (χ1n) is 9.10. The summed E-state index contributed by atoms with van der Waals surface area (Å²) in [5.41, 5.74) is -0.0287.